The van der Waals surface area contributed by atoms with E-state index in [4.69, 9.17) is 4.42 Å². The lowest BCUT2D eigenvalue weighted by atomic mass is 10.2. The highest BCUT2D eigenvalue weighted by Gasteiger charge is 2.15. The number of nitrogens with one attached hydrogen (secondary N) is 1. The van der Waals surface area contributed by atoms with Gasteiger partial charge in [-0.2, -0.15) is 11.8 Å². The molecule has 0 aliphatic rings. The molecule has 1 aromatic rings. The molecule has 4 heteroatoms. The molecule has 0 saturated carbocycles. The lowest BCUT2D eigenvalue weighted by Gasteiger charge is -2.26. The first-order valence-electron chi connectivity index (χ1n) is 6.54. The summed E-state index contributed by atoms with van der Waals surface area (Å²) in [5, 5.41) is 3.12. The van der Waals surface area contributed by atoms with Gasteiger partial charge in [0, 0.05) is 23.9 Å². The van der Waals surface area contributed by atoms with Gasteiger partial charge in [0.05, 0.1) is 6.54 Å². The molecule has 1 rings (SSSR count). The Bertz CT molecular complexity index is 352. The fraction of sp³-hybridized carbons (Fsp3) is 0.714. The van der Waals surface area contributed by atoms with Crippen molar-refractivity contribution < 1.29 is 4.42 Å². The van der Waals surface area contributed by atoms with E-state index in [0.717, 1.165) is 24.6 Å². The molecule has 0 aliphatic heterocycles. The molecular formula is C14H26N2OS. The van der Waals surface area contributed by atoms with Crippen LogP contribution >= 0.6 is 11.8 Å². The second kappa shape index (κ2) is 7.87. The first-order chi connectivity index (χ1) is 8.62. The van der Waals surface area contributed by atoms with E-state index in [9.17, 15) is 0 Å². The van der Waals surface area contributed by atoms with Crippen molar-refractivity contribution in [3.05, 3.63) is 23.2 Å². The predicted molar refractivity (Wildman–Crippen MR) is 80.1 cm³/mol. The van der Waals surface area contributed by atoms with Gasteiger partial charge in [0.15, 0.2) is 0 Å². The van der Waals surface area contributed by atoms with Gasteiger partial charge in [-0.25, -0.2) is 0 Å². The molecule has 0 saturated heterocycles. The molecule has 0 aliphatic carbocycles. The summed E-state index contributed by atoms with van der Waals surface area (Å²) in [7, 11) is 4.14. The lowest BCUT2D eigenvalue weighted by Crippen LogP contribution is -2.32. The van der Waals surface area contributed by atoms with Crippen molar-refractivity contribution in [1.82, 2.24) is 10.2 Å². The Morgan fingerprint density at radius 2 is 2.22 bits per heavy atom. The van der Waals surface area contributed by atoms with E-state index in [0.29, 0.717) is 6.04 Å². The highest BCUT2D eigenvalue weighted by atomic mass is 32.2. The van der Waals surface area contributed by atoms with Gasteiger partial charge in [0.25, 0.3) is 0 Å². The highest BCUT2D eigenvalue weighted by molar-refractivity contribution is 7.98. The summed E-state index contributed by atoms with van der Waals surface area (Å²) in [6.07, 6.45) is 3.36. The maximum atomic E-state index is 5.73. The van der Waals surface area contributed by atoms with Crippen LogP contribution in [-0.4, -0.2) is 37.0 Å². The maximum Gasteiger partial charge on any atom is 0.118 e. The summed E-state index contributed by atoms with van der Waals surface area (Å²) in [6.45, 7) is 6.08. The van der Waals surface area contributed by atoms with Crippen LogP contribution in [0.3, 0.4) is 0 Å². The number of nitrogens with zero attached hydrogens (tertiary/aromatic N) is 1. The Balaban J connectivity index is 2.65. The van der Waals surface area contributed by atoms with Crippen LogP contribution in [0.1, 0.15) is 30.4 Å². The molecule has 1 atom stereocenters. The average molecular weight is 270 g/mol. The summed E-state index contributed by atoms with van der Waals surface area (Å²) < 4.78 is 5.73. The smallest absolute Gasteiger partial charge is 0.118 e. The van der Waals surface area contributed by atoms with Gasteiger partial charge < -0.3 is 9.73 Å². The van der Waals surface area contributed by atoms with Gasteiger partial charge in [-0.1, -0.05) is 6.92 Å². The Morgan fingerprint density at radius 3 is 2.78 bits per heavy atom. The van der Waals surface area contributed by atoms with Gasteiger partial charge >= 0.3 is 0 Å². The second-order valence-electron chi connectivity index (χ2n) is 4.76. The number of rotatable bonds is 8. The molecule has 0 amide bonds. The van der Waals surface area contributed by atoms with Crippen LogP contribution in [0.15, 0.2) is 10.5 Å². The van der Waals surface area contributed by atoms with E-state index >= 15 is 0 Å². The number of thioether (sulfide) groups is 1. The fourth-order valence-electron chi connectivity index (χ4n) is 2.15. The number of hydrogen-bond acceptors (Lipinski definition) is 4. The van der Waals surface area contributed by atoms with Crippen LogP contribution in [0.5, 0.6) is 0 Å². The van der Waals surface area contributed by atoms with Crippen LogP contribution < -0.4 is 5.32 Å². The molecule has 0 aromatic carbocycles. The van der Waals surface area contributed by atoms with E-state index in [-0.39, 0.29) is 0 Å². The third-order valence-corrected chi connectivity index (χ3v) is 4.01. The van der Waals surface area contributed by atoms with Gasteiger partial charge in [-0.05, 0) is 39.8 Å². The summed E-state index contributed by atoms with van der Waals surface area (Å²) >= 11 is 1.92. The molecule has 1 aromatic heterocycles. The van der Waals surface area contributed by atoms with Crippen LogP contribution in [0, 0.1) is 6.92 Å². The monoisotopic (exact) mass is 270 g/mol. The van der Waals surface area contributed by atoms with Crippen LogP contribution in [0.4, 0.5) is 0 Å². The Hall–Kier alpha value is -0.450. The van der Waals surface area contributed by atoms with Crippen molar-refractivity contribution in [2.45, 2.75) is 39.4 Å². The number of hydrogen-bond donors (Lipinski definition) is 1. The van der Waals surface area contributed by atoms with E-state index < -0.39 is 0 Å². The van der Waals surface area contributed by atoms with Crippen LogP contribution in [0.2, 0.25) is 0 Å². The van der Waals surface area contributed by atoms with E-state index in [1.165, 1.54) is 17.7 Å². The molecule has 1 N–H and O–H groups in total. The third kappa shape index (κ3) is 4.34. The maximum absolute atomic E-state index is 5.73. The summed E-state index contributed by atoms with van der Waals surface area (Å²) in [5.74, 6) is 3.26. The van der Waals surface area contributed by atoms with E-state index in [1.54, 1.807) is 0 Å². The Kier molecular flexibility index (Phi) is 6.82. The van der Waals surface area contributed by atoms with Crippen molar-refractivity contribution in [2.75, 3.05) is 26.1 Å². The molecule has 0 bridgehead atoms. The van der Waals surface area contributed by atoms with Crippen molar-refractivity contribution in [2.24, 2.45) is 0 Å². The zero-order valence-electron chi connectivity index (χ0n) is 12.2. The second-order valence-corrected chi connectivity index (χ2v) is 5.67. The molecule has 3 nitrogen and oxygen atoms in total. The minimum absolute atomic E-state index is 0.641. The SMILES string of the molecule is CCC(CSC)N(C)Cc1cc(CNC)oc1C. The zero-order chi connectivity index (χ0) is 13.5. The first-order valence-corrected chi connectivity index (χ1v) is 7.93. The van der Waals surface area contributed by atoms with Crippen LogP contribution in [0.25, 0.3) is 0 Å². The normalized spacial score (nSPS) is 13.2. The van der Waals surface area contributed by atoms with Crippen molar-refractivity contribution in [3.8, 4) is 0 Å². The molecule has 1 heterocycles. The molecule has 0 radical (unpaired) electrons. The highest BCUT2D eigenvalue weighted by Crippen LogP contribution is 2.18. The molecule has 0 fully saturated rings. The molecule has 104 valence electrons. The number of furan rings is 1. The third-order valence-electron chi connectivity index (χ3n) is 3.30. The minimum Gasteiger partial charge on any atom is -0.465 e. The minimum atomic E-state index is 0.641. The lowest BCUT2D eigenvalue weighted by molar-refractivity contribution is 0.246. The van der Waals surface area contributed by atoms with Crippen molar-refractivity contribution >= 4 is 11.8 Å². The molecular weight excluding hydrogens is 244 g/mol. The van der Waals surface area contributed by atoms with Crippen LogP contribution in [-0.2, 0) is 13.1 Å². The molecule has 18 heavy (non-hydrogen) atoms. The van der Waals surface area contributed by atoms with E-state index in [1.807, 2.05) is 18.8 Å². The standard InChI is InChI=1S/C14H26N2OS/c1-6-13(10-18-5)16(4)9-12-7-14(8-15-3)17-11(12)2/h7,13,15H,6,8-10H2,1-5H3. The Labute approximate surface area is 115 Å². The zero-order valence-corrected chi connectivity index (χ0v) is 13.1. The summed E-state index contributed by atoms with van der Waals surface area (Å²) in [6, 6.07) is 2.82. The average Bonchev–Trinajstić information content (AvgIpc) is 2.67. The predicted octanol–water partition coefficient (Wildman–Crippen LogP) is 2.88. The summed E-state index contributed by atoms with van der Waals surface area (Å²) in [4.78, 5) is 2.43. The van der Waals surface area contributed by atoms with Gasteiger partial charge in [-0.3, -0.25) is 4.90 Å². The molecule has 0 spiro atoms. The Morgan fingerprint density at radius 1 is 1.50 bits per heavy atom. The van der Waals surface area contributed by atoms with Crippen molar-refractivity contribution in [1.29, 1.82) is 0 Å². The molecule has 1 unspecified atom stereocenters. The number of aryl methyl sites for hydroxylation is 1. The van der Waals surface area contributed by atoms with Gasteiger partial charge in [0.1, 0.15) is 11.5 Å². The first kappa shape index (κ1) is 15.6. The summed E-state index contributed by atoms with van der Waals surface area (Å²) in [5.41, 5.74) is 1.31. The van der Waals surface area contributed by atoms with Crippen molar-refractivity contribution in [3.63, 3.8) is 0 Å². The van der Waals surface area contributed by atoms with Gasteiger partial charge in [0.2, 0.25) is 0 Å². The largest absolute Gasteiger partial charge is 0.465 e. The topological polar surface area (TPSA) is 28.4 Å². The fourth-order valence-corrected chi connectivity index (χ4v) is 3.03. The quantitative estimate of drug-likeness (QED) is 0.786. The van der Waals surface area contributed by atoms with Gasteiger partial charge in [-0.15, -0.1) is 0 Å². The van der Waals surface area contributed by atoms with E-state index in [2.05, 4.69) is 43.4 Å².